The number of rotatable bonds is 3. The minimum absolute atomic E-state index is 0.00321. The van der Waals surface area contributed by atoms with Gasteiger partial charge >= 0.3 is 6.03 Å². The minimum atomic E-state index is -0.645. The van der Waals surface area contributed by atoms with Crippen molar-refractivity contribution in [1.29, 1.82) is 0 Å². The Bertz CT molecular complexity index is 1050. The highest BCUT2D eigenvalue weighted by Gasteiger charge is 2.40. The third-order valence-electron chi connectivity index (χ3n) is 5.93. The highest BCUT2D eigenvalue weighted by Crippen LogP contribution is 2.28. The lowest BCUT2D eigenvalue weighted by Gasteiger charge is -2.35. The fourth-order valence-electron chi connectivity index (χ4n) is 4.42. The van der Waals surface area contributed by atoms with Crippen LogP contribution in [0.5, 0.6) is 0 Å². The first-order chi connectivity index (χ1) is 14.4. The molecule has 1 aromatic carbocycles. The molecule has 4 rings (SSSR count). The molecule has 1 aliphatic heterocycles. The van der Waals surface area contributed by atoms with Gasteiger partial charge in [0, 0.05) is 28.1 Å². The minimum Gasteiger partial charge on any atom is -0.318 e. The maximum atomic E-state index is 13.1. The van der Waals surface area contributed by atoms with Gasteiger partial charge in [-0.05, 0) is 68.7 Å². The van der Waals surface area contributed by atoms with E-state index in [9.17, 15) is 14.4 Å². The van der Waals surface area contributed by atoms with Crippen LogP contribution < -0.4 is 5.32 Å². The number of aryl methyl sites for hydroxylation is 1. The van der Waals surface area contributed by atoms with Gasteiger partial charge in [0.05, 0.1) is 0 Å². The maximum Gasteiger partial charge on any atom is 0.331 e. The summed E-state index contributed by atoms with van der Waals surface area (Å²) >= 11 is 6.00. The van der Waals surface area contributed by atoms with Crippen LogP contribution in [0.1, 0.15) is 49.1 Å². The van der Waals surface area contributed by atoms with Crippen LogP contribution in [0.15, 0.2) is 35.9 Å². The number of carbonyl (C=O) groups excluding carboxylic acids is 3. The number of urea groups is 1. The van der Waals surface area contributed by atoms with E-state index in [-0.39, 0.29) is 11.6 Å². The van der Waals surface area contributed by atoms with Gasteiger partial charge < -0.3 is 4.57 Å². The van der Waals surface area contributed by atoms with Gasteiger partial charge in [-0.25, -0.2) is 4.79 Å². The van der Waals surface area contributed by atoms with Crippen molar-refractivity contribution < 1.29 is 14.4 Å². The van der Waals surface area contributed by atoms with Crippen molar-refractivity contribution in [1.82, 2.24) is 14.8 Å². The van der Waals surface area contributed by atoms with E-state index in [2.05, 4.69) is 5.32 Å². The molecule has 156 valence electrons. The SMILES string of the molecule is Cc1cc(/C=C2\C(=O)NC(=O)N(C3CCCCC3)C2=O)c(C)n1-c1ccc(Cl)cc1. The van der Waals surface area contributed by atoms with Gasteiger partial charge in [0.25, 0.3) is 11.8 Å². The van der Waals surface area contributed by atoms with Gasteiger partial charge in [-0.2, -0.15) is 0 Å². The van der Waals surface area contributed by atoms with Crippen LogP contribution in [0.4, 0.5) is 4.79 Å². The summed E-state index contributed by atoms with van der Waals surface area (Å²) in [5.41, 5.74) is 3.56. The number of barbiturate groups is 1. The van der Waals surface area contributed by atoms with E-state index < -0.39 is 17.8 Å². The van der Waals surface area contributed by atoms with E-state index in [4.69, 9.17) is 11.6 Å². The molecule has 1 saturated heterocycles. The highest BCUT2D eigenvalue weighted by atomic mass is 35.5. The number of benzene rings is 1. The summed E-state index contributed by atoms with van der Waals surface area (Å²) < 4.78 is 2.04. The van der Waals surface area contributed by atoms with Crippen LogP contribution in [0.25, 0.3) is 11.8 Å². The lowest BCUT2D eigenvalue weighted by Crippen LogP contribution is -2.58. The number of hydrogen-bond donors (Lipinski definition) is 1. The van der Waals surface area contributed by atoms with Crippen LogP contribution in [-0.4, -0.2) is 33.4 Å². The van der Waals surface area contributed by atoms with Crippen molar-refractivity contribution in [3.05, 3.63) is 57.9 Å². The molecule has 6 nitrogen and oxygen atoms in total. The molecule has 1 saturated carbocycles. The molecule has 2 aliphatic rings. The van der Waals surface area contributed by atoms with Gasteiger partial charge in [0.15, 0.2) is 0 Å². The maximum absolute atomic E-state index is 13.1. The molecule has 0 radical (unpaired) electrons. The lowest BCUT2D eigenvalue weighted by atomic mass is 9.93. The number of hydrogen-bond acceptors (Lipinski definition) is 3. The van der Waals surface area contributed by atoms with E-state index in [1.54, 1.807) is 6.08 Å². The molecule has 0 atom stereocenters. The topological polar surface area (TPSA) is 71.4 Å². The largest absolute Gasteiger partial charge is 0.331 e. The smallest absolute Gasteiger partial charge is 0.318 e. The Labute approximate surface area is 180 Å². The lowest BCUT2D eigenvalue weighted by molar-refractivity contribution is -0.132. The molecule has 0 unspecified atom stereocenters. The number of imide groups is 2. The van der Waals surface area contributed by atoms with Crippen molar-refractivity contribution in [2.24, 2.45) is 0 Å². The summed E-state index contributed by atoms with van der Waals surface area (Å²) in [7, 11) is 0. The molecule has 1 N–H and O–H groups in total. The van der Waals surface area contributed by atoms with E-state index in [0.717, 1.165) is 54.7 Å². The molecule has 4 amide bonds. The summed E-state index contributed by atoms with van der Waals surface area (Å²) in [6, 6.07) is 8.64. The Morgan fingerprint density at radius 1 is 1.03 bits per heavy atom. The Morgan fingerprint density at radius 3 is 2.37 bits per heavy atom. The van der Waals surface area contributed by atoms with Crippen LogP contribution in [0.2, 0.25) is 5.02 Å². The van der Waals surface area contributed by atoms with Gasteiger partial charge in [0.2, 0.25) is 0 Å². The highest BCUT2D eigenvalue weighted by molar-refractivity contribution is 6.31. The summed E-state index contributed by atoms with van der Waals surface area (Å²) in [5, 5.41) is 3.00. The van der Waals surface area contributed by atoms with Crippen molar-refractivity contribution in [2.45, 2.75) is 52.0 Å². The average Bonchev–Trinajstić information content (AvgIpc) is 3.00. The zero-order chi connectivity index (χ0) is 21.4. The fraction of sp³-hybridized carbons (Fsp3) is 0.348. The standard InChI is InChI=1S/C23H24ClN3O3/c1-14-12-16(15(2)26(14)19-10-8-17(24)9-11-19)13-20-21(28)25-23(30)27(22(20)29)18-6-4-3-5-7-18/h8-13,18H,3-7H2,1-2H3,(H,25,28,30)/b20-13+. The number of carbonyl (C=O) groups is 3. The number of aromatic nitrogens is 1. The van der Waals surface area contributed by atoms with Crippen molar-refractivity contribution in [3.63, 3.8) is 0 Å². The monoisotopic (exact) mass is 425 g/mol. The van der Waals surface area contributed by atoms with E-state index >= 15 is 0 Å². The van der Waals surface area contributed by atoms with E-state index in [1.165, 1.54) is 4.90 Å². The first-order valence-electron chi connectivity index (χ1n) is 10.2. The Kier molecular flexibility index (Phi) is 5.52. The molecule has 1 aromatic heterocycles. The van der Waals surface area contributed by atoms with E-state index in [1.807, 2.05) is 48.7 Å². The second-order valence-corrected chi connectivity index (χ2v) is 8.36. The molecular formula is C23H24ClN3O3. The predicted molar refractivity (Wildman–Crippen MR) is 115 cm³/mol. The van der Waals surface area contributed by atoms with Crippen LogP contribution >= 0.6 is 11.6 Å². The molecular weight excluding hydrogens is 402 g/mol. The fourth-order valence-corrected chi connectivity index (χ4v) is 4.54. The van der Waals surface area contributed by atoms with Crippen LogP contribution in [-0.2, 0) is 9.59 Å². The van der Waals surface area contributed by atoms with Gasteiger partial charge in [-0.1, -0.05) is 30.9 Å². The van der Waals surface area contributed by atoms with Gasteiger partial charge in [0.1, 0.15) is 5.57 Å². The van der Waals surface area contributed by atoms with Crippen molar-refractivity contribution in [3.8, 4) is 5.69 Å². The molecule has 1 aliphatic carbocycles. The van der Waals surface area contributed by atoms with Crippen LogP contribution in [0, 0.1) is 13.8 Å². The zero-order valence-corrected chi connectivity index (χ0v) is 17.8. The molecule has 30 heavy (non-hydrogen) atoms. The third kappa shape index (κ3) is 3.67. The summed E-state index contributed by atoms with van der Waals surface area (Å²) in [4.78, 5) is 39.2. The van der Waals surface area contributed by atoms with Crippen molar-refractivity contribution >= 4 is 35.5 Å². The second kappa shape index (κ2) is 8.11. The quantitative estimate of drug-likeness (QED) is 0.579. The normalized spacial score (nSPS) is 19.5. The Hall–Kier alpha value is -2.86. The first kappa shape index (κ1) is 20.4. The molecule has 0 spiro atoms. The summed E-state index contributed by atoms with van der Waals surface area (Å²) in [6.07, 6.45) is 6.23. The number of nitrogens with one attached hydrogen (secondary N) is 1. The summed E-state index contributed by atoms with van der Waals surface area (Å²) in [6.45, 7) is 3.90. The molecule has 7 heteroatoms. The Morgan fingerprint density at radius 2 is 1.70 bits per heavy atom. The third-order valence-corrected chi connectivity index (χ3v) is 6.18. The molecule has 2 aromatic rings. The Balaban J connectivity index is 1.70. The zero-order valence-electron chi connectivity index (χ0n) is 17.1. The van der Waals surface area contributed by atoms with Gasteiger partial charge in [-0.15, -0.1) is 0 Å². The molecule has 0 bridgehead atoms. The molecule has 2 fully saturated rings. The average molecular weight is 426 g/mol. The number of amides is 4. The van der Waals surface area contributed by atoms with Crippen molar-refractivity contribution in [2.75, 3.05) is 0 Å². The number of halogens is 1. The first-order valence-corrected chi connectivity index (χ1v) is 10.6. The van der Waals surface area contributed by atoms with Gasteiger partial charge in [-0.3, -0.25) is 19.8 Å². The predicted octanol–water partition coefficient (Wildman–Crippen LogP) is 4.54. The summed E-state index contributed by atoms with van der Waals surface area (Å²) in [5.74, 6) is -1.15. The second-order valence-electron chi connectivity index (χ2n) is 7.92. The van der Waals surface area contributed by atoms with E-state index in [0.29, 0.717) is 5.02 Å². The number of nitrogens with zero attached hydrogens (tertiary/aromatic N) is 2. The van der Waals surface area contributed by atoms with Crippen LogP contribution in [0.3, 0.4) is 0 Å². The molecule has 2 heterocycles.